The normalized spacial score (nSPS) is 11.2. The first-order chi connectivity index (χ1) is 12.5. The Kier molecular flexibility index (Phi) is 4.83. The van der Waals surface area contributed by atoms with Gasteiger partial charge in [-0.1, -0.05) is 47.3 Å². The first-order valence-electron chi connectivity index (χ1n) is 7.98. The fraction of sp³-hybridized carbons (Fsp3) is 0.222. The van der Waals surface area contributed by atoms with Gasteiger partial charge < -0.3 is 14.9 Å². The molecule has 8 nitrogen and oxygen atoms in total. The van der Waals surface area contributed by atoms with Crippen LogP contribution in [0.1, 0.15) is 19.4 Å². The van der Waals surface area contributed by atoms with Gasteiger partial charge in [0, 0.05) is 0 Å². The SMILES string of the molecule is CC(C)(NC(=O)OCc1ccccc1)C(=O)On1nnc2ccccc21. The maximum absolute atomic E-state index is 12.4. The molecule has 3 aromatic rings. The highest BCUT2D eigenvalue weighted by Crippen LogP contribution is 2.10. The molecule has 0 aliphatic rings. The quantitative estimate of drug-likeness (QED) is 0.705. The molecule has 2 aromatic carbocycles. The van der Waals surface area contributed by atoms with Gasteiger partial charge in [0.1, 0.15) is 23.2 Å². The van der Waals surface area contributed by atoms with Crippen LogP contribution in [0.2, 0.25) is 0 Å². The number of hydrogen-bond acceptors (Lipinski definition) is 6. The topological polar surface area (TPSA) is 95.3 Å². The van der Waals surface area contributed by atoms with E-state index in [2.05, 4.69) is 15.6 Å². The number of ether oxygens (including phenoxy) is 1. The van der Waals surface area contributed by atoms with Gasteiger partial charge in [-0.3, -0.25) is 0 Å². The Bertz CT molecular complexity index is 921. The van der Waals surface area contributed by atoms with E-state index in [1.54, 1.807) is 24.3 Å². The number of carbonyl (C=O) groups excluding carboxylic acids is 2. The van der Waals surface area contributed by atoms with E-state index in [0.717, 1.165) is 10.4 Å². The molecule has 3 rings (SSSR count). The number of fused-ring (bicyclic) bond motifs is 1. The molecule has 0 aliphatic heterocycles. The van der Waals surface area contributed by atoms with Crippen LogP contribution in [0.5, 0.6) is 0 Å². The van der Waals surface area contributed by atoms with Gasteiger partial charge in [0.2, 0.25) is 0 Å². The summed E-state index contributed by atoms with van der Waals surface area (Å²) in [6.45, 7) is 3.13. The number of rotatable bonds is 5. The third kappa shape index (κ3) is 3.97. The second-order valence-electron chi connectivity index (χ2n) is 6.14. The third-order valence-corrected chi connectivity index (χ3v) is 3.63. The summed E-state index contributed by atoms with van der Waals surface area (Å²) in [7, 11) is 0. The minimum absolute atomic E-state index is 0.103. The predicted octanol–water partition coefficient (Wildman–Crippen LogP) is 2.09. The van der Waals surface area contributed by atoms with E-state index >= 15 is 0 Å². The van der Waals surface area contributed by atoms with Crippen molar-refractivity contribution >= 4 is 23.1 Å². The number of nitrogens with one attached hydrogen (secondary N) is 1. The van der Waals surface area contributed by atoms with Crippen LogP contribution in [0, 0.1) is 0 Å². The molecule has 0 bridgehead atoms. The number of hydrogen-bond donors (Lipinski definition) is 1. The van der Waals surface area contributed by atoms with Crippen LogP contribution in [0.3, 0.4) is 0 Å². The summed E-state index contributed by atoms with van der Waals surface area (Å²) in [6, 6.07) is 16.3. The van der Waals surface area contributed by atoms with Crippen molar-refractivity contribution in [2.24, 2.45) is 0 Å². The van der Waals surface area contributed by atoms with Crippen molar-refractivity contribution in [1.29, 1.82) is 0 Å². The first kappa shape index (κ1) is 17.4. The number of para-hydroxylation sites is 1. The van der Waals surface area contributed by atoms with E-state index in [0.29, 0.717) is 11.0 Å². The van der Waals surface area contributed by atoms with Crippen LogP contribution in [-0.4, -0.2) is 32.8 Å². The second-order valence-corrected chi connectivity index (χ2v) is 6.14. The summed E-state index contributed by atoms with van der Waals surface area (Å²) in [5, 5.41) is 10.2. The molecule has 0 aliphatic carbocycles. The molecule has 1 amide bonds. The van der Waals surface area contributed by atoms with Crippen molar-refractivity contribution in [2.45, 2.75) is 26.0 Å². The number of nitrogens with zero attached hydrogens (tertiary/aromatic N) is 3. The van der Waals surface area contributed by atoms with Crippen LogP contribution < -0.4 is 10.2 Å². The monoisotopic (exact) mass is 354 g/mol. The largest absolute Gasteiger partial charge is 0.445 e. The first-order valence-corrected chi connectivity index (χ1v) is 7.98. The van der Waals surface area contributed by atoms with Crippen molar-refractivity contribution < 1.29 is 19.2 Å². The molecule has 0 saturated heterocycles. The van der Waals surface area contributed by atoms with Crippen molar-refractivity contribution in [3.63, 3.8) is 0 Å². The van der Waals surface area contributed by atoms with E-state index in [-0.39, 0.29) is 6.61 Å². The average Bonchev–Trinajstić information content (AvgIpc) is 3.03. The Morgan fingerprint density at radius 3 is 2.54 bits per heavy atom. The zero-order valence-electron chi connectivity index (χ0n) is 14.4. The molecule has 8 heteroatoms. The maximum atomic E-state index is 12.4. The molecular formula is C18H18N4O4. The highest BCUT2D eigenvalue weighted by Gasteiger charge is 2.33. The zero-order chi connectivity index (χ0) is 18.6. The molecule has 0 radical (unpaired) electrons. The van der Waals surface area contributed by atoms with Gasteiger partial charge in [-0.2, -0.15) is 0 Å². The Hall–Kier alpha value is -3.42. The Morgan fingerprint density at radius 1 is 1.08 bits per heavy atom. The Labute approximate surface area is 149 Å². The predicted molar refractivity (Wildman–Crippen MR) is 93.0 cm³/mol. The lowest BCUT2D eigenvalue weighted by Crippen LogP contribution is -2.53. The summed E-state index contributed by atoms with van der Waals surface area (Å²) in [5.74, 6) is -0.704. The van der Waals surface area contributed by atoms with Gasteiger partial charge in [-0.15, -0.1) is 5.10 Å². The molecule has 134 valence electrons. The molecule has 0 spiro atoms. The highest BCUT2D eigenvalue weighted by atomic mass is 16.7. The van der Waals surface area contributed by atoms with E-state index in [1.165, 1.54) is 13.8 Å². The number of carbonyl (C=O) groups is 2. The number of aromatic nitrogens is 3. The smallest absolute Gasteiger partial charge is 0.408 e. The van der Waals surface area contributed by atoms with Gasteiger partial charge in [0.05, 0.1) is 0 Å². The highest BCUT2D eigenvalue weighted by molar-refractivity contribution is 5.85. The van der Waals surface area contributed by atoms with E-state index in [1.807, 2.05) is 30.3 Å². The molecular weight excluding hydrogens is 336 g/mol. The second kappa shape index (κ2) is 7.22. The summed E-state index contributed by atoms with van der Waals surface area (Å²) in [6.07, 6.45) is -0.723. The van der Waals surface area contributed by atoms with Gasteiger partial charge in [-0.25, -0.2) is 9.59 Å². The molecule has 0 unspecified atom stereocenters. The lowest BCUT2D eigenvalue weighted by molar-refractivity contribution is -0.151. The number of benzene rings is 2. The molecule has 1 heterocycles. The lowest BCUT2D eigenvalue weighted by Gasteiger charge is -2.22. The van der Waals surface area contributed by atoms with Gasteiger partial charge in [0.25, 0.3) is 0 Å². The van der Waals surface area contributed by atoms with Crippen LogP contribution in [-0.2, 0) is 16.1 Å². The molecule has 0 atom stereocenters. The molecule has 1 N–H and O–H groups in total. The Balaban J connectivity index is 1.59. The molecule has 0 fully saturated rings. The minimum Gasteiger partial charge on any atom is -0.445 e. The zero-order valence-corrected chi connectivity index (χ0v) is 14.4. The number of alkyl carbamates (subject to hydrolysis) is 1. The minimum atomic E-state index is -1.32. The summed E-state index contributed by atoms with van der Waals surface area (Å²) < 4.78 is 5.13. The molecule has 1 aromatic heterocycles. The van der Waals surface area contributed by atoms with Gasteiger partial charge in [0.15, 0.2) is 0 Å². The summed E-state index contributed by atoms with van der Waals surface area (Å²) in [5.41, 5.74) is 0.662. The van der Waals surface area contributed by atoms with Crippen molar-refractivity contribution in [1.82, 2.24) is 20.5 Å². The fourth-order valence-corrected chi connectivity index (χ4v) is 2.17. The Morgan fingerprint density at radius 2 is 1.77 bits per heavy atom. The van der Waals surface area contributed by atoms with E-state index in [4.69, 9.17) is 9.57 Å². The molecule has 26 heavy (non-hydrogen) atoms. The molecule has 0 saturated carbocycles. The van der Waals surface area contributed by atoms with Crippen LogP contribution in [0.25, 0.3) is 11.0 Å². The summed E-state index contributed by atoms with van der Waals surface area (Å²) >= 11 is 0. The summed E-state index contributed by atoms with van der Waals surface area (Å²) in [4.78, 5) is 30.6. The van der Waals surface area contributed by atoms with Gasteiger partial charge in [-0.05, 0) is 36.8 Å². The maximum Gasteiger partial charge on any atom is 0.408 e. The standard InChI is InChI=1S/C18H18N4O4/c1-18(2,19-17(24)25-12-13-8-4-3-5-9-13)16(23)26-22-15-11-7-6-10-14(15)20-21-22/h3-11H,12H2,1-2H3,(H,19,24). The van der Waals surface area contributed by atoms with Crippen molar-refractivity contribution in [2.75, 3.05) is 0 Å². The van der Waals surface area contributed by atoms with E-state index in [9.17, 15) is 9.59 Å². The fourth-order valence-electron chi connectivity index (χ4n) is 2.17. The van der Waals surface area contributed by atoms with Crippen LogP contribution in [0.15, 0.2) is 54.6 Å². The van der Waals surface area contributed by atoms with Crippen molar-refractivity contribution in [3.05, 3.63) is 60.2 Å². The van der Waals surface area contributed by atoms with Gasteiger partial charge >= 0.3 is 12.1 Å². The van der Waals surface area contributed by atoms with E-state index < -0.39 is 17.6 Å². The van der Waals surface area contributed by atoms with Crippen LogP contribution in [0.4, 0.5) is 4.79 Å². The number of amides is 1. The lowest BCUT2D eigenvalue weighted by atomic mass is 10.1. The third-order valence-electron chi connectivity index (χ3n) is 3.63. The average molecular weight is 354 g/mol. The van der Waals surface area contributed by atoms with Crippen molar-refractivity contribution in [3.8, 4) is 0 Å². The van der Waals surface area contributed by atoms with Crippen LogP contribution >= 0.6 is 0 Å².